The second-order valence-electron chi connectivity index (χ2n) is 3.56. The second-order valence-corrected chi connectivity index (χ2v) is 4.36. The Labute approximate surface area is 78.3 Å². The van der Waals surface area contributed by atoms with Crippen LogP contribution in [0.15, 0.2) is 12.6 Å². The second kappa shape index (κ2) is 3.40. The molecule has 0 saturated carbocycles. The molecule has 0 N–H and O–H groups in total. The third-order valence-corrected chi connectivity index (χ3v) is 3.46. The van der Waals surface area contributed by atoms with Crippen molar-refractivity contribution in [1.29, 1.82) is 0 Å². The van der Waals surface area contributed by atoms with E-state index in [1.165, 1.54) is 4.88 Å². The van der Waals surface area contributed by atoms with Crippen LogP contribution in [0.1, 0.15) is 37.8 Å². The van der Waals surface area contributed by atoms with Crippen LogP contribution < -0.4 is 0 Å². The van der Waals surface area contributed by atoms with E-state index in [-0.39, 0.29) is 5.41 Å². The van der Waals surface area contributed by atoms with Gasteiger partial charge in [0, 0.05) is 10.3 Å². The van der Waals surface area contributed by atoms with E-state index in [0.29, 0.717) is 0 Å². The molecule has 0 aliphatic rings. The van der Waals surface area contributed by atoms with Gasteiger partial charge in [-0.15, -0.1) is 0 Å². The van der Waals surface area contributed by atoms with Gasteiger partial charge in [0.05, 0.1) is 5.69 Å². The molecule has 0 aliphatic carbocycles. The fraction of sp³-hybridized carbons (Fsp3) is 0.500. The van der Waals surface area contributed by atoms with Gasteiger partial charge in [0.15, 0.2) is 0 Å². The van der Waals surface area contributed by atoms with Gasteiger partial charge in [-0.05, 0) is 30.1 Å². The van der Waals surface area contributed by atoms with Gasteiger partial charge in [-0.3, -0.25) is 0 Å². The topological polar surface area (TPSA) is 12.9 Å². The SMILES string of the molecule is C=Cc1cc(C(C)(C)CC)sn1. The monoisotopic (exact) mass is 181 g/mol. The van der Waals surface area contributed by atoms with E-state index in [4.69, 9.17) is 0 Å². The Hall–Kier alpha value is -0.630. The maximum atomic E-state index is 4.27. The molecule has 0 radical (unpaired) electrons. The van der Waals surface area contributed by atoms with Crippen LogP contribution in [0.4, 0.5) is 0 Å². The molecule has 0 atom stereocenters. The molecule has 1 heterocycles. The smallest absolute Gasteiger partial charge is 0.0765 e. The van der Waals surface area contributed by atoms with Crippen molar-refractivity contribution in [3.63, 3.8) is 0 Å². The Kier molecular flexibility index (Phi) is 2.68. The molecule has 2 heteroatoms. The summed E-state index contributed by atoms with van der Waals surface area (Å²) in [6.45, 7) is 10.4. The average Bonchev–Trinajstić information content (AvgIpc) is 2.52. The van der Waals surface area contributed by atoms with Gasteiger partial charge in [-0.1, -0.05) is 27.4 Å². The van der Waals surface area contributed by atoms with E-state index in [0.717, 1.165) is 12.1 Å². The van der Waals surface area contributed by atoms with E-state index < -0.39 is 0 Å². The highest BCUT2D eigenvalue weighted by Crippen LogP contribution is 2.30. The first-order chi connectivity index (χ1) is 5.60. The molecule has 1 nitrogen and oxygen atoms in total. The van der Waals surface area contributed by atoms with Crippen LogP contribution in [0, 0.1) is 0 Å². The first-order valence-corrected chi connectivity index (χ1v) is 4.97. The summed E-state index contributed by atoms with van der Waals surface area (Å²) in [6, 6.07) is 2.13. The minimum absolute atomic E-state index is 0.263. The number of nitrogens with zero attached hydrogens (tertiary/aromatic N) is 1. The molecular formula is C10H15NS. The zero-order chi connectivity index (χ0) is 9.19. The highest BCUT2D eigenvalue weighted by atomic mass is 32.1. The number of hydrogen-bond donors (Lipinski definition) is 0. The number of aromatic nitrogens is 1. The summed E-state index contributed by atoms with van der Waals surface area (Å²) in [6.07, 6.45) is 2.94. The molecule has 66 valence electrons. The lowest BCUT2D eigenvalue weighted by Gasteiger charge is -2.19. The molecule has 0 amide bonds. The summed E-state index contributed by atoms with van der Waals surface area (Å²) in [7, 11) is 0. The van der Waals surface area contributed by atoms with Crippen molar-refractivity contribution < 1.29 is 0 Å². The van der Waals surface area contributed by atoms with Crippen LogP contribution in [-0.4, -0.2) is 4.37 Å². The average molecular weight is 181 g/mol. The summed E-state index contributed by atoms with van der Waals surface area (Å²) in [5.74, 6) is 0. The molecule has 1 aromatic rings. The molecule has 0 unspecified atom stereocenters. The van der Waals surface area contributed by atoms with Crippen LogP contribution in [0.25, 0.3) is 6.08 Å². The molecule has 0 spiro atoms. The normalized spacial score (nSPS) is 11.6. The molecule has 12 heavy (non-hydrogen) atoms. The van der Waals surface area contributed by atoms with Crippen molar-refractivity contribution in [2.24, 2.45) is 0 Å². The predicted octanol–water partition coefficient (Wildman–Crippen LogP) is 3.47. The Morgan fingerprint density at radius 3 is 2.75 bits per heavy atom. The van der Waals surface area contributed by atoms with Crippen LogP contribution in [0.2, 0.25) is 0 Å². The molecule has 1 rings (SSSR count). The third-order valence-electron chi connectivity index (χ3n) is 2.29. The van der Waals surface area contributed by atoms with E-state index in [1.54, 1.807) is 17.6 Å². The number of rotatable bonds is 3. The molecule has 0 aromatic carbocycles. The van der Waals surface area contributed by atoms with Crippen LogP contribution in [-0.2, 0) is 5.41 Å². The van der Waals surface area contributed by atoms with Crippen LogP contribution >= 0.6 is 11.5 Å². The maximum absolute atomic E-state index is 4.27. The van der Waals surface area contributed by atoms with Crippen molar-refractivity contribution in [3.8, 4) is 0 Å². The van der Waals surface area contributed by atoms with Crippen molar-refractivity contribution >= 4 is 17.6 Å². The lowest BCUT2D eigenvalue weighted by atomic mass is 9.88. The predicted molar refractivity (Wildman–Crippen MR) is 55.5 cm³/mol. The van der Waals surface area contributed by atoms with Gasteiger partial charge in [0.1, 0.15) is 0 Å². The van der Waals surface area contributed by atoms with Crippen LogP contribution in [0.3, 0.4) is 0 Å². The highest BCUT2D eigenvalue weighted by molar-refractivity contribution is 7.06. The quantitative estimate of drug-likeness (QED) is 0.695. The minimum Gasteiger partial charge on any atom is -0.193 e. The minimum atomic E-state index is 0.263. The summed E-state index contributed by atoms with van der Waals surface area (Å²) < 4.78 is 4.27. The van der Waals surface area contributed by atoms with Gasteiger partial charge < -0.3 is 0 Å². The molecule has 0 saturated heterocycles. The van der Waals surface area contributed by atoms with Gasteiger partial charge in [-0.25, -0.2) is 0 Å². The van der Waals surface area contributed by atoms with Crippen molar-refractivity contribution in [2.75, 3.05) is 0 Å². The van der Waals surface area contributed by atoms with Gasteiger partial charge >= 0.3 is 0 Å². The van der Waals surface area contributed by atoms with Crippen molar-refractivity contribution in [2.45, 2.75) is 32.6 Å². The highest BCUT2D eigenvalue weighted by Gasteiger charge is 2.20. The van der Waals surface area contributed by atoms with E-state index in [2.05, 4.69) is 37.8 Å². The van der Waals surface area contributed by atoms with Crippen LogP contribution in [0.5, 0.6) is 0 Å². The molecular weight excluding hydrogens is 166 g/mol. The third kappa shape index (κ3) is 1.75. The largest absolute Gasteiger partial charge is 0.193 e. The first kappa shape index (κ1) is 9.46. The summed E-state index contributed by atoms with van der Waals surface area (Å²) >= 11 is 1.58. The summed E-state index contributed by atoms with van der Waals surface area (Å²) in [5, 5.41) is 0. The van der Waals surface area contributed by atoms with E-state index in [9.17, 15) is 0 Å². The molecule has 0 aliphatic heterocycles. The molecule has 1 aromatic heterocycles. The Bertz CT molecular complexity index is 273. The number of hydrogen-bond acceptors (Lipinski definition) is 2. The zero-order valence-electron chi connectivity index (χ0n) is 7.92. The van der Waals surface area contributed by atoms with Gasteiger partial charge in [0.2, 0.25) is 0 Å². The lowest BCUT2D eigenvalue weighted by Crippen LogP contribution is -2.12. The molecule has 0 fully saturated rings. The van der Waals surface area contributed by atoms with Gasteiger partial charge in [-0.2, -0.15) is 4.37 Å². The maximum Gasteiger partial charge on any atom is 0.0765 e. The van der Waals surface area contributed by atoms with Crippen molar-refractivity contribution in [1.82, 2.24) is 4.37 Å². The molecule has 0 bridgehead atoms. The fourth-order valence-corrected chi connectivity index (χ4v) is 1.77. The van der Waals surface area contributed by atoms with Gasteiger partial charge in [0.25, 0.3) is 0 Å². The Morgan fingerprint density at radius 2 is 2.33 bits per heavy atom. The van der Waals surface area contributed by atoms with E-state index >= 15 is 0 Å². The first-order valence-electron chi connectivity index (χ1n) is 4.20. The van der Waals surface area contributed by atoms with E-state index in [1.807, 2.05) is 0 Å². The summed E-state index contributed by atoms with van der Waals surface area (Å²) in [4.78, 5) is 1.35. The lowest BCUT2D eigenvalue weighted by molar-refractivity contribution is 0.517. The van der Waals surface area contributed by atoms with Crippen molar-refractivity contribution in [3.05, 3.63) is 23.2 Å². The Balaban J connectivity index is 2.95. The Morgan fingerprint density at radius 1 is 1.67 bits per heavy atom. The summed E-state index contributed by atoms with van der Waals surface area (Å²) in [5.41, 5.74) is 1.26. The fourth-order valence-electron chi connectivity index (χ4n) is 0.878. The standard InChI is InChI=1S/C10H15NS/c1-5-8-7-9(12-11-8)10(3,4)6-2/h5,7H,1,6H2,2-4H3. The zero-order valence-corrected chi connectivity index (χ0v) is 8.74.